The van der Waals surface area contributed by atoms with Crippen molar-refractivity contribution in [3.8, 4) is 0 Å². The molecule has 0 bridgehead atoms. The third-order valence-electron chi connectivity index (χ3n) is 16.6. The first-order valence-corrected chi connectivity index (χ1v) is 21.5. The van der Waals surface area contributed by atoms with Gasteiger partial charge in [0.25, 0.3) is 0 Å². The van der Waals surface area contributed by atoms with E-state index in [-0.39, 0.29) is 83.8 Å². The molecular formula is C46H70N4O7. The number of hydrogen-bond acceptors (Lipinski definition) is 9. The highest BCUT2D eigenvalue weighted by molar-refractivity contribution is 6.00. The molecule has 2 N–H and O–H groups in total. The van der Waals surface area contributed by atoms with E-state index in [1.807, 2.05) is 19.0 Å². The van der Waals surface area contributed by atoms with Crippen molar-refractivity contribution in [2.45, 2.75) is 145 Å². The van der Waals surface area contributed by atoms with Crippen molar-refractivity contribution in [3.63, 3.8) is 0 Å². The maximum Gasteiger partial charge on any atom is 0.309 e. The average molecular weight is 791 g/mol. The van der Waals surface area contributed by atoms with Crippen LogP contribution in [0.3, 0.4) is 0 Å². The van der Waals surface area contributed by atoms with Crippen LogP contribution in [-0.2, 0) is 30.5 Å². The van der Waals surface area contributed by atoms with Crippen LogP contribution >= 0.6 is 0 Å². The molecule has 0 spiro atoms. The number of aliphatic hydroxyl groups is 1. The van der Waals surface area contributed by atoms with Gasteiger partial charge in [0.15, 0.2) is 5.78 Å². The number of Topliss-reactive ketones (excluding diaryl/α,β-unsaturated/α-hetero) is 1. The number of aromatic nitrogens is 2. The van der Waals surface area contributed by atoms with Gasteiger partial charge in [-0.2, -0.15) is 0 Å². The number of rotatable bonds is 12. The van der Waals surface area contributed by atoms with Crippen molar-refractivity contribution < 1.29 is 34.1 Å². The Morgan fingerprint density at radius 3 is 2.21 bits per heavy atom. The van der Waals surface area contributed by atoms with Crippen LogP contribution in [0.15, 0.2) is 29.6 Å². The minimum atomic E-state index is -1.19. The Morgan fingerprint density at radius 2 is 1.60 bits per heavy atom. The predicted octanol–water partition coefficient (Wildman–Crippen LogP) is 7.12. The highest BCUT2D eigenvalue weighted by atomic mass is 16.5. The summed E-state index contributed by atoms with van der Waals surface area (Å²) in [6, 6.07) is 1.75. The lowest BCUT2D eigenvalue weighted by Crippen LogP contribution is -2.66. The van der Waals surface area contributed by atoms with Gasteiger partial charge in [-0.1, -0.05) is 54.0 Å². The quantitative estimate of drug-likeness (QED) is 0.210. The van der Waals surface area contributed by atoms with Crippen LogP contribution in [0, 0.1) is 56.2 Å². The van der Waals surface area contributed by atoms with Crippen LogP contribution in [-0.4, -0.2) is 93.0 Å². The summed E-state index contributed by atoms with van der Waals surface area (Å²) in [6.45, 7) is 19.8. The van der Waals surface area contributed by atoms with Gasteiger partial charge in [0.05, 0.1) is 31.0 Å². The number of aliphatic hydroxyl groups excluding tert-OH is 1. The molecule has 4 saturated carbocycles. The third kappa shape index (κ3) is 7.18. The van der Waals surface area contributed by atoms with Crippen LogP contribution in [0.4, 0.5) is 0 Å². The number of allylic oxidation sites excluding steroid dienone is 1. The Kier molecular flexibility index (Phi) is 11.5. The minimum absolute atomic E-state index is 0.00926. The number of ketones is 1. The molecule has 0 radical (unpaired) electrons. The van der Waals surface area contributed by atoms with Gasteiger partial charge in [-0.15, -0.1) is 0 Å². The fourth-order valence-corrected chi connectivity index (χ4v) is 13.5. The molecular weight excluding hydrogens is 721 g/mol. The van der Waals surface area contributed by atoms with Crippen molar-refractivity contribution in [3.05, 3.63) is 35.4 Å². The lowest BCUT2D eigenvalue weighted by molar-refractivity contribution is -0.235. The molecule has 5 aliphatic carbocycles. The Hall–Kier alpha value is -3.18. The number of ether oxygens (including phenoxy) is 1. The molecule has 1 aromatic rings. The SMILES string of the molecule is CC(C)C1=C2[C@H]3CC[C@@H]4[C@@]5(C)CCC(OC(=O)CC(C)(C)C(=O)O)C(C)(C)[C@@H]5CC[C@@]4(C)[C@]3(C)CC[C@@]2([C@@H](O)CN(Cc2ncccn2)C(=O)CN(C)C)CC1=O. The van der Waals surface area contributed by atoms with Gasteiger partial charge in [-0.3, -0.25) is 19.2 Å². The fraction of sp³-hybridized carbons (Fsp3) is 0.783. The Bertz CT molecular complexity index is 1770. The van der Waals surface area contributed by atoms with Crippen molar-refractivity contribution >= 4 is 23.6 Å². The monoisotopic (exact) mass is 791 g/mol. The molecule has 6 rings (SSSR count). The lowest BCUT2D eigenvalue weighted by atomic mass is 9.33. The summed E-state index contributed by atoms with van der Waals surface area (Å²) < 4.78 is 6.17. The van der Waals surface area contributed by atoms with E-state index in [2.05, 4.69) is 58.4 Å². The van der Waals surface area contributed by atoms with Gasteiger partial charge in [0.2, 0.25) is 5.91 Å². The largest absolute Gasteiger partial charge is 0.481 e. The first-order chi connectivity index (χ1) is 26.4. The molecule has 0 aliphatic heterocycles. The Balaban J connectivity index is 1.30. The van der Waals surface area contributed by atoms with E-state index in [0.29, 0.717) is 24.1 Å². The van der Waals surface area contributed by atoms with E-state index in [0.717, 1.165) is 50.5 Å². The second-order valence-electron chi connectivity index (χ2n) is 21.2. The normalized spacial score (nSPS) is 35.2. The van der Waals surface area contributed by atoms with Crippen LogP contribution in [0.5, 0.6) is 0 Å². The average Bonchev–Trinajstić information content (AvgIpc) is 3.42. The molecule has 316 valence electrons. The zero-order chi connectivity index (χ0) is 42.1. The fourth-order valence-electron chi connectivity index (χ4n) is 13.5. The molecule has 1 amide bonds. The van der Waals surface area contributed by atoms with Crippen LogP contribution < -0.4 is 0 Å². The van der Waals surface area contributed by atoms with Gasteiger partial charge in [-0.05, 0) is 131 Å². The first-order valence-electron chi connectivity index (χ1n) is 21.5. The number of carbonyl (C=O) groups is 4. The number of esters is 1. The number of aliphatic carboxylic acids is 1. The van der Waals surface area contributed by atoms with Crippen molar-refractivity contribution in [2.24, 2.45) is 56.2 Å². The maximum atomic E-state index is 14.3. The molecule has 11 nitrogen and oxygen atoms in total. The zero-order valence-corrected chi connectivity index (χ0v) is 36.6. The number of nitrogens with zero attached hydrogens (tertiary/aromatic N) is 4. The molecule has 5 aliphatic rings. The summed E-state index contributed by atoms with van der Waals surface area (Å²) in [5.41, 5.74) is -0.260. The molecule has 11 heteroatoms. The highest BCUT2D eigenvalue weighted by Crippen LogP contribution is 2.77. The van der Waals surface area contributed by atoms with Gasteiger partial charge < -0.3 is 24.7 Å². The molecule has 1 unspecified atom stereocenters. The number of carboxylic acids is 1. The van der Waals surface area contributed by atoms with Gasteiger partial charge >= 0.3 is 11.9 Å². The number of amides is 1. The highest BCUT2D eigenvalue weighted by Gasteiger charge is 2.71. The van der Waals surface area contributed by atoms with Crippen LogP contribution in [0.2, 0.25) is 0 Å². The Labute approximate surface area is 340 Å². The first kappa shape index (κ1) is 43.4. The second kappa shape index (κ2) is 15.1. The minimum Gasteiger partial charge on any atom is -0.481 e. The number of likely N-dealkylation sites (N-methyl/N-ethyl adjacent to an activating group) is 1. The third-order valence-corrected chi connectivity index (χ3v) is 16.6. The van der Waals surface area contributed by atoms with Gasteiger partial charge in [0, 0.05) is 36.2 Å². The molecule has 57 heavy (non-hydrogen) atoms. The molecule has 4 fully saturated rings. The second-order valence-corrected chi connectivity index (χ2v) is 21.2. The standard InChI is InChI=1S/C46H70N4O7/c1-28(2)38-30(51)23-46(33(52)25-50(36(53)27-49(10)11)26-35-47-21-12-22-48-35)20-19-44(8)29(39(38)46)13-14-32-43(7)17-16-34(57-37(54)24-41(3,4)40(55)56)42(5,6)31(43)15-18-45(32,44)9/h12,21-22,28-29,31-34,52H,13-20,23-27H2,1-11H3,(H,55,56)/t29-,31+,32-,33+,34?,43+,44-,45-,46+/m1/s1. The lowest BCUT2D eigenvalue weighted by Gasteiger charge is -2.72. The van der Waals surface area contributed by atoms with E-state index >= 15 is 0 Å². The van der Waals surface area contributed by atoms with Crippen molar-refractivity contribution in [1.82, 2.24) is 19.8 Å². The summed E-state index contributed by atoms with van der Waals surface area (Å²) in [4.78, 5) is 65.2. The Morgan fingerprint density at radius 1 is 0.930 bits per heavy atom. The predicted molar refractivity (Wildman–Crippen MR) is 217 cm³/mol. The smallest absolute Gasteiger partial charge is 0.309 e. The van der Waals surface area contributed by atoms with E-state index in [4.69, 9.17) is 4.74 Å². The summed E-state index contributed by atoms with van der Waals surface area (Å²) in [6.07, 6.45) is 9.49. The van der Waals surface area contributed by atoms with Crippen molar-refractivity contribution in [2.75, 3.05) is 27.2 Å². The summed E-state index contributed by atoms with van der Waals surface area (Å²) in [5.74, 6) is 0.00282. The molecule has 1 aromatic heterocycles. The number of carbonyl (C=O) groups excluding carboxylic acids is 3. The molecule has 0 aromatic carbocycles. The van der Waals surface area contributed by atoms with Gasteiger partial charge in [-0.25, -0.2) is 9.97 Å². The number of carboxylic acid groups (broad SMARTS) is 1. The van der Waals surface area contributed by atoms with Crippen LogP contribution in [0.25, 0.3) is 0 Å². The molecule has 0 saturated heterocycles. The summed E-state index contributed by atoms with van der Waals surface area (Å²) >= 11 is 0. The topological polar surface area (TPSA) is 150 Å². The summed E-state index contributed by atoms with van der Waals surface area (Å²) in [5, 5.41) is 22.2. The van der Waals surface area contributed by atoms with E-state index in [1.54, 1.807) is 37.2 Å². The van der Waals surface area contributed by atoms with Gasteiger partial charge in [0.1, 0.15) is 11.9 Å². The molecule has 1 heterocycles. The molecule has 9 atom stereocenters. The number of hydrogen-bond donors (Lipinski definition) is 2. The van der Waals surface area contributed by atoms with Crippen LogP contribution in [0.1, 0.15) is 132 Å². The number of fused-ring (bicyclic) bond motifs is 7. The maximum absolute atomic E-state index is 14.3. The van der Waals surface area contributed by atoms with E-state index < -0.39 is 28.9 Å². The zero-order valence-electron chi connectivity index (χ0n) is 36.6. The summed E-state index contributed by atoms with van der Waals surface area (Å²) in [7, 11) is 3.71. The van der Waals surface area contributed by atoms with Crippen molar-refractivity contribution in [1.29, 1.82) is 0 Å². The van der Waals surface area contributed by atoms with E-state index in [1.165, 1.54) is 5.57 Å². The van der Waals surface area contributed by atoms with E-state index in [9.17, 15) is 29.4 Å².